The Kier molecular flexibility index (Phi) is 4.17. The summed E-state index contributed by atoms with van der Waals surface area (Å²) in [6.45, 7) is 0. The molecule has 0 radical (unpaired) electrons. The molecule has 0 fully saturated rings. The molecule has 0 atom stereocenters. The maximum Gasteiger partial charge on any atom is 0.255 e. The lowest BCUT2D eigenvalue weighted by Gasteiger charge is -2.06. The highest BCUT2D eigenvalue weighted by molar-refractivity contribution is 6.17. The Balaban J connectivity index is 2.13. The summed E-state index contributed by atoms with van der Waals surface area (Å²) in [7, 11) is 0. The van der Waals surface area contributed by atoms with Crippen LogP contribution in [0.15, 0.2) is 48.5 Å². The Bertz CT molecular complexity index is 629. The van der Waals surface area contributed by atoms with Gasteiger partial charge in [-0.05, 0) is 35.9 Å². The van der Waals surface area contributed by atoms with Gasteiger partial charge < -0.3 is 5.32 Å². The number of nitrogens with zero attached hydrogens (tertiary/aromatic N) is 1. The number of nitrogens with one attached hydrogen (secondary N) is 1. The van der Waals surface area contributed by atoms with Crippen molar-refractivity contribution in [1.82, 2.24) is 0 Å². The average Bonchev–Trinajstić information content (AvgIpc) is 2.48. The molecule has 4 heteroatoms. The highest BCUT2D eigenvalue weighted by Crippen LogP contribution is 2.13. The number of rotatable bonds is 3. The van der Waals surface area contributed by atoms with E-state index in [1.165, 1.54) is 0 Å². The quantitative estimate of drug-likeness (QED) is 0.867. The fourth-order valence-corrected chi connectivity index (χ4v) is 1.79. The molecule has 0 saturated heterocycles. The molecule has 0 aromatic heterocycles. The lowest BCUT2D eigenvalue weighted by Crippen LogP contribution is -2.11. The van der Waals surface area contributed by atoms with Crippen LogP contribution in [-0.4, -0.2) is 5.91 Å². The summed E-state index contributed by atoms with van der Waals surface area (Å²) in [5.74, 6) is 0.203. The number of alkyl halides is 1. The molecule has 19 heavy (non-hydrogen) atoms. The van der Waals surface area contributed by atoms with Crippen molar-refractivity contribution in [1.29, 1.82) is 5.26 Å². The minimum Gasteiger partial charge on any atom is -0.322 e. The maximum atomic E-state index is 12.0. The Labute approximate surface area is 116 Å². The minimum atomic E-state index is -0.240. The van der Waals surface area contributed by atoms with Gasteiger partial charge in [-0.3, -0.25) is 4.79 Å². The lowest BCUT2D eigenvalue weighted by molar-refractivity contribution is 0.102. The number of nitriles is 1. The molecule has 0 unspecified atom stereocenters. The molecule has 2 aromatic carbocycles. The number of anilines is 1. The lowest BCUT2D eigenvalue weighted by atomic mass is 10.1. The number of halogens is 1. The zero-order valence-corrected chi connectivity index (χ0v) is 10.8. The van der Waals surface area contributed by atoms with Crippen molar-refractivity contribution in [2.75, 3.05) is 5.32 Å². The maximum absolute atomic E-state index is 12.0. The first kappa shape index (κ1) is 13.1. The zero-order valence-electron chi connectivity index (χ0n) is 10.1. The predicted molar refractivity (Wildman–Crippen MR) is 75.1 cm³/mol. The molecule has 1 amide bonds. The second kappa shape index (κ2) is 6.03. The molecular formula is C15H11ClN2O. The molecule has 0 bridgehead atoms. The van der Waals surface area contributed by atoms with Gasteiger partial charge in [-0.15, -0.1) is 11.6 Å². The number of amides is 1. The molecule has 2 rings (SSSR count). The second-order valence-electron chi connectivity index (χ2n) is 3.98. The fourth-order valence-electron chi connectivity index (χ4n) is 1.61. The number of carbonyl (C=O) groups excluding carboxylic acids is 1. The van der Waals surface area contributed by atoms with Crippen LogP contribution >= 0.6 is 11.6 Å². The van der Waals surface area contributed by atoms with E-state index in [1.54, 1.807) is 36.4 Å². The third kappa shape index (κ3) is 3.34. The molecule has 94 valence electrons. The monoisotopic (exact) mass is 270 g/mol. The van der Waals surface area contributed by atoms with E-state index in [-0.39, 0.29) is 5.91 Å². The highest BCUT2D eigenvalue weighted by Gasteiger charge is 2.06. The van der Waals surface area contributed by atoms with Gasteiger partial charge in [0.05, 0.1) is 11.6 Å². The van der Waals surface area contributed by atoms with E-state index in [1.807, 2.05) is 18.2 Å². The summed E-state index contributed by atoms with van der Waals surface area (Å²) in [5.41, 5.74) is 2.61. The van der Waals surface area contributed by atoms with Gasteiger partial charge in [0.1, 0.15) is 0 Å². The van der Waals surface area contributed by atoms with Crippen molar-refractivity contribution in [3.8, 4) is 6.07 Å². The molecule has 2 aromatic rings. The van der Waals surface area contributed by atoms with Gasteiger partial charge in [-0.1, -0.05) is 18.2 Å². The smallest absolute Gasteiger partial charge is 0.255 e. The molecule has 0 spiro atoms. The van der Waals surface area contributed by atoms with Crippen LogP contribution in [0.3, 0.4) is 0 Å². The number of benzene rings is 2. The van der Waals surface area contributed by atoms with Crippen molar-refractivity contribution in [3.05, 3.63) is 65.2 Å². The van der Waals surface area contributed by atoms with Crippen LogP contribution in [0.4, 0.5) is 5.69 Å². The normalized spacial score (nSPS) is 9.68. The fraction of sp³-hybridized carbons (Fsp3) is 0.0667. The first-order valence-electron chi connectivity index (χ1n) is 5.69. The summed E-state index contributed by atoms with van der Waals surface area (Å²) in [6.07, 6.45) is 0. The molecule has 0 saturated carbocycles. The summed E-state index contributed by atoms with van der Waals surface area (Å²) in [4.78, 5) is 12.0. The van der Waals surface area contributed by atoms with Gasteiger partial charge in [0.2, 0.25) is 0 Å². The SMILES string of the molecule is N#Cc1cccc(C(=O)Nc2ccc(CCl)cc2)c1. The van der Waals surface area contributed by atoms with Gasteiger partial charge >= 0.3 is 0 Å². The number of hydrogen-bond donors (Lipinski definition) is 1. The third-order valence-electron chi connectivity index (χ3n) is 2.62. The van der Waals surface area contributed by atoms with Gasteiger partial charge in [-0.25, -0.2) is 0 Å². The molecule has 0 heterocycles. The Morgan fingerprint density at radius 2 is 1.95 bits per heavy atom. The molecule has 0 aliphatic heterocycles. The van der Waals surface area contributed by atoms with Gasteiger partial charge in [0.15, 0.2) is 0 Å². The van der Waals surface area contributed by atoms with Crippen LogP contribution in [0.2, 0.25) is 0 Å². The van der Waals surface area contributed by atoms with Crippen LogP contribution in [0.25, 0.3) is 0 Å². The number of hydrogen-bond acceptors (Lipinski definition) is 2. The van der Waals surface area contributed by atoms with E-state index >= 15 is 0 Å². The van der Waals surface area contributed by atoms with Crippen LogP contribution in [-0.2, 0) is 5.88 Å². The summed E-state index contributed by atoms with van der Waals surface area (Å²) in [6, 6.07) is 15.9. The Morgan fingerprint density at radius 1 is 1.21 bits per heavy atom. The van der Waals surface area contributed by atoms with Crippen molar-refractivity contribution in [2.24, 2.45) is 0 Å². The summed E-state index contributed by atoms with van der Waals surface area (Å²) >= 11 is 5.70. The van der Waals surface area contributed by atoms with Gasteiger partial charge in [0, 0.05) is 17.1 Å². The zero-order chi connectivity index (χ0) is 13.7. The topological polar surface area (TPSA) is 52.9 Å². The van der Waals surface area contributed by atoms with Crippen molar-refractivity contribution in [2.45, 2.75) is 5.88 Å². The van der Waals surface area contributed by atoms with E-state index in [0.29, 0.717) is 22.7 Å². The van der Waals surface area contributed by atoms with Crippen molar-refractivity contribution >= 4 is 23.2 Å². The molecular weight excluding hydrogens is 260 g/mol. The average molecular weight is 271 g/mol. The van der Waals surface area contributed by atoms with Crippen LogP contribution < -0.4 is 5.32 Å². The van der Waals surface area contributed by atoms with Crippen molar-refractivity contribution < 1.29 is 4.79 Å². The molecule has 0 aliphatic rings. The molecule has 0 aliphatic carbocycles. The van der Waals surface area contributed by atoms with Crippen LogP contribution in [0.1, 0.15) is 21.5 Å². The minimum absolute atomic E-state index is 0.240. The summed E-state index contributed by atoms with van der Waals surface area (Å²) < 4.78 is 0. The second-order valence-corrected chi connectivity index (χ2v) is 4.24. The molecule has 3 nitrogen and oxygen atoms in total. The number of carbonyl (C=O) groups is 1. The van der Waals surface area contributed by atoms with Crippen molar-refractivity contribution in [3.63, 3.8) is 0 Å². The summed E-state index contributed by atoms with van der Waals surface area (Å²) in [5, 5.41) is 11.6. The van der Waals surface area contributed by atoms with Gasteiger partial charge in [-0.2, -0.15) is 5.26 Å². The van der Waals surface area contributed by atoms with Crippen LogP contribution in [0.5, 0.6) is 0 Å². The van der Waals surface area contributed by atoms with Crippen LogP contribution in [0, 0.1) is 11.3 Å². The first-order chi connectivity index (χ1) is 9.22. The van der Waals surface area contributed by atoms with Gasteiger partial charge in [0.25, 0.3) is 5.91 Å². The largest absolute Gasteiger partial charge is 0.322 e. The first-order valence-corrected chi connectivity index (χ1v) is 6.23. The highest BCUT2D eigenvalue weighted by atomic mass is 35.5. The standard InChI is InChI=1S/C15H11ClN2O/c16-9-11-4-6-14(7-5-11)18-15(19)13-3-1-2-12(8-13)10-17/h1-8H,9H2,(H,18,19). The van der Waals surface area contributed by atoms with E-state index in [4.69, 9.17) is 16.9 Å². The third-order valence-corrected chi connectivity index (χ3v) is 2.93. The van der Waals surface area contributed by atoms with E-state index in [0.717, 1.165) is 5.56 Å². The molecule has 1 N–H and O–H groups in total. The van der Waals surface area contributed by atoms with E-state index in [2.05, 4.69) is 5.32 Å². The predicted octanol–water partition coefficient (Wildman–Crippen LogP) is 3.55. The van der Waals surface area contributed by atoms with E-state index in [9.17, 15) is 4.79 Å². The Morgan fingerprint density at radius 3 is 2.58 bits per heavy atom. The van der Waals surface area contributed by atoms with E-state index < -0.39 is 0 Å². The Hall–Kier alpha value is -2.31.